The zero-order chi connectivity index (χ0) is 13.5. The molecule has 4 aromatic rings. The van der Waals surface area contributed by atoms with E-state index in [1.165, 1.54) is 0 Å². The molecule has 2 heterocycles. The summed E-state index contributed by atoms with van der Waals surface area (Å²) in [4.78, 5) is 8.73. The monoisotopic (exact) mass is 260 g/mol. The Morgan fingerprint density at radius 2 is 1.80 bits per heavy atom. The number of nitrogens with two attached hydrogens (primary N) is 1. The molecule has 20 heavy (non-hydrogen) atoms. The van der Waals surface area contributed by atoms with Crippen molar-refractivity contribution in [2.75, 3.05) is 5.73 Å². The Morgan fingerprint density at radius 1 is 0.900 bits per heavy atom. The Labute approximate surface area is 115 Å². The summed E-state index contributed by atoms with van der Waals surface area (Å²) in [6, 6.07) is 18.0. The van der Waals surface area contributed by atoms with Crippen LogP contribution in [0.25, 0.3) is 27.6 Å². The van der Waals surface area contributed by atoms with Gasteiger partial charge in [0, 0.05) is 17.3 Å². The summed E-state index contributed by atoms with van der Waals surface area (Å²) in [6.45, 7) is 0. The number of hydrogen-bond acceptors (Lipinski definition) is 3. The molecule has 0 saturated carbocycles. The van der Waals surface area contributed by atoms with Gasteiger partial charge in [0.25, 0.3) is 0 Å². The van der Waals surface area contributed by atoms with E-state index in [2.05, 4.69) is 16.0 Å². The molecule has 2 aromatic carbocycles. The lowest BCUT2D eigenvalue weighted by Gasteiger charge is -2.07. The summed E-state index contributed by atoms with van der Waals surface area (Å²) in [5, 5.41) is 1.09. The second-order valence-corrected chi connectivity index (χ2v) is 4.67. The normalized spacial score (nSPS) is 11.2. The smallest absolute Gasteiger partial charge is 0.205 e. The van der Waals surface area contributed by atoms with Gasteiger partial charge in [-0.05, 0) is 36.4 Å². The molecule has 4 rings (SSSR count). The van der Waals surface area contributed by atoms with Gasteiger partial charge in [-0.1, -0.05) is 18.2 Å². The van der Waals surface area contributed by atoms with Crippen LogP contribution >= 0.6 is 0 Å². The van der Waals surface area contributed by atoms with Crippen LogP contribution < -0.4 is 5.73 Å². The maximum Gasteiger partial charge on any atom is 0.205 e. The van der Waals surface area contributed by atoms with Crippen molar-refractivity contribution in [3.63, 3.8) is 0 Å². The average Bonchev–Trinajstić information content (AvgIpc) is 2.82. The van der Waals surface area contributed by atoms with Crippen LogP contribution in [0.5, 0.6) is 0 Å². The highest BCUT2D eigenvalue weighted by atomic mass is 15.2. The highest BCUT2D eigenvalue weighted by Gasteiger charge is 2.09. The predicted molar refractivity (Wildman–Crippen MR) is 80.8 cm³/mol. The highest BCUT2D eigenvalue weighted by molar-refractivity contribution is 5.84. The van der Waals surface area contributed by atoms with Crippen molar-refractivity contribution in [2.45, 2.75) is 0 Å². The zero-order valence-electron chi connectivity index (χ0n) is 10.7. The van der Waals surface area contributed by atoms with Gasteiger partial charge >= 0.3 is 0 Å². The van der Waals surface area contributed by atoms with Crippen molar-refractivity contribution in [1.82, 2.24) is 14.5 Å². The van der Waals surface area contributed by atoms with Gasteiger partial charge in [0.2, 0.25) is 5.95 Å². The number of hydrogen-bond donors (Lipinski definition) is 1. The van der Waals surface area contributed by atoms with Gasteiger partial charge in [0.05, 0.1) is 16.6 Å². The van der Waals surface area contributed by atoms with Crippen molar-refractivity contribution < 1.29 is 0 Å². The molecule has 2 N–H and O–H groups in total. The average molecular weight is 260 g/mol. The molecule has 96 valence electrons. The standard InChI is InChI=1S/C16H12N4/c17-16-19-14-5-1-2-6-15(14)20(16)12-7-8-13-11(10-12)4-3-9-18-13/h1-10H,(H2,17,19). The Morgan fingerprint density at radius 3 is 2.75 bits per heavy atom. The number of fused-ring (bicyclic) bond motifs is 2. The van der Waals surface area contributed by atoms with E-state index in [9.17, 15) is 0 Å². The summed E-state index contributed by atoms with van der Waals surface area (Å²) in [6.07, 6.45) is 1.79. The van der Waals surface area contributed by atoms with Crippen LogP contribution in [0.1, 0.15) is 0 Å². The van der Waals surface area contributed by atoms with Gasteiger partial charge in [-0.3, -0.25) is 9.55 Å². The van der Waals surface area contributed by atoms with E-state index < -0.39 is 0 Å². The number of aromatic nitrogens is 3. The van der Waals surface area contributed by atoms with E-state index in [-0.39, 0.29) is 0 Å². The molecule has 0 aliphatic heterocycles. The van der Waals surface area contributed by atoms with Crippen LogP contribution in [0.15, 0.2) is 60.8 Å². The molecule has 0 radical (unpaired) electrons. The first-order valence-electron chi connectivity index (χ1n) is 6.41. The molecule has 0 unspecified atom stereocenters. The summed E-state index contributed by atoms with van der Waals surface area (Å²) < 4.78 is 1.96. The number of imidazole rings is 1. The molecule has 0 aliphatic carbocycles. The van der Waals surface area contributed by atoms with E-state index >= 15 is 0 Å². The molecule has 0 atom stereocenters. The number of para-hydroxylation sites is 2. The quantitative estimate of drug-likeness (QED) is 0.572. The summed E-state index contributed by atoms with van der Waals surface area (Å²) in [5.74, 6) is 0.495. The maximum absolute atomic E-state index is 6.07. The van der Waals surface area contributed by atoms with Crippen LogP contribution in [0.2, 0.25) is 0 Å². The minimum atomic E-state index is 0.495. The first-order valence-corrected chi connectivity index (χ1v) is 6.41. The molecule has 4 nitrogen and oxygen atoms in total. The van der Waals surface area contributed by atoms with Gasteiger partial charge in [-0.2, -0.15) is 0 Å². The van der Waals surface area contributed by atoms with Crippen LogP contribution in [0.3, 0.4) is 0 Å². The lowest BCUT2D eigenvalue weighted by atomic mass is 10.2. The molecule has 0 saturated heterocycles. The van der Waals surface area contributed by atoms with Gasteiger partial charge < -0.3 is 5.73 Å². The van der Waals surface area contributed by atoms with E-state index in [1.54, 1.807) is 6.20 Å². The first kappa shape index (κ1) is 11.0. The van der Waals surface area contributed by atoms with Crippen LogP contribution in [0.4, 0.5) is 5.95 Å². The minimum absolute atomic E-state index is 0.495. The zero-order valence-corrected chi connectivity index (χ0v) is 10.7. The van der Waals surface area contributed by atoms with Crippen LogP contribution in [-0.2, 0) is 0 Å². The third-order valence-electron chi connectivity index (χ3n) is 3.43. The maximum atomic E-state index is 6.07. The lowest BCUT2D eigenvalue weighted by molar-refractivity contribution is 1.11. The molecule has 0 amide bonds. The predicted octanol–water partition coefficient (Wildman–Crippen LogP) is 3.16. The molecule has 4 heteroatoms. The molecule has 0 fully saturated rings. The van der Waals surface area contributed by atoms with Gasteiger partial charge in [-0.25, -0.2) is 4.98 Å². The second-order valence-electron chi connectivity index (χ2n) is 4.67. The highest BCUT2D eigenvalue weighted by Crippen LogP contribution is 2.24. The van der Waals surface area contributed by atoms with Crippen molar-refractivity contribution in [3.05, 3.63) is 60.8 Å². The van der Waals surface area contributed by atoms with Crippen LogP contribution in [0, 0.1) is 0 Å². The first-order chi connectivity index (χ1) is 9.83. The summed E-state index contributed by atoms with van der Waals surface area (Å²) >= 11 is 0. The summed E-state index contributed by atoms with van der Waals surface area (Å²) in [5.41, 5.74) is 9.94. The number of benzene rings is 2. The molecule has 0 aliphatic rings. The Kier molecular flexibility index (Phi) is 2.23. The SMILES string of the molecule is Nc1nc2ccccc2n1-c1ccc2ncccc2c1. The Bertz CT molecular complexity index is 924. The molecular weight excluding hydrogens is 248 g/mol. The third-order valence-corrected chi connectivity index (χ3v) is 3.43. The van der Waals surface area contributed by atoms with Crippen molar-refractivity contribution in [1.29, 1.82) is 0 Å². The number of nitrogens with zero attached hydrogens (tertiary/aromatic N) is 3. The molecule has 0 bridgehead atoms. The fraction of sp³-hybridized carbons (Fsp3) is 0. The summed E-state index contributed by atoms with van der Waals surface area (Å²) in [7, 11) is 0. The third kappa shape index (κ3) is 1.55. The fourth-order valence-electron chi connectivity index (χ4n) is 2.52. The second kappa shape index (κ2) is 4.06. The fourth-order valence-corrected chi connectivity index (χ4v) is 2.52. The van der Waals surface area contributed by atoms with Crippen LogP contribution in [-0.4, -0.2) is 14.5 Å². The van der Waals surface area contributed by atoms with Gasteiger partial charge in [-0.15, -0.1) is 0 Å². The van der Waals surface area contributed by atoms with Crippen molar-refractivity contribution in [2.24, 2.45) is 0 Å². The van der Waals surface area contributed by atoms with E-state index in [0.717, 1.165) is 27.6 Å². The van der Waals surface area contributed by atoms with Gasteiger partial charge in [0.15, 0.2) is 0 Å². The topological polar surface area (TPSA) is 56.7 Å². The molecule has 2 aromatic heterocycles. The van der Waals surface area contributed by atoms with Crippen molar-refractivity contribution in [3.8, 4) is 5.69 Å². The Balaban J connectivity index is 2.03. The molecule has 0 spiro atoms. The number of nitrogen functional groups attached to an aromatic ring is 1. The number of anilines is 1. The minimum Gasteiger partial charge on any atom is -0.369 e. The van der Waals surface area contributed by atoms with Gasteiger partial charge in [0.1, 0.15) is 0 Å². The van der Waals surface area contributed by atoms with E-state index in [4.69, 9.17) is 5.73 Å². The number of rotatable bonds is 1. The molecular formula is C16H12N4. The van der Waals surface area contributed by atoms with Crippen molar-refractivity contribution >= 4 is 27.9 Å². The number of pyridine rings is 1. The lowest BCUT2D eigenvalue weighted by Crippen LogP contribution is -2.00. The van der Waals surface area contributed by atoms with E-state index in [0.29, 0.717) is 5.95 Å². The van der Waals surface area contributed by atoms with E-state index in [1.807, 2.05) is 53.1 Å². The largest absolute Gasteiger partial charge is 0.369 e. The Hall–Kier alpha value is -2.88.